The predicted octanol–water partition coefficient (Wildman–Crippen LogP) is 1.19. The molecule has 3 N–H and O–H groups in total. The molecule has 1 aromatic carbocycles. The molecular formula is C16H26N2O2. The van der Waals surface area contributed by atoms with E-state index in [1.807, 2.05) is 37.4 Å². The first-order chi connectivity index (χ1) is 9.64. The zero-order valence-electron chi connectivity index (χ0n) is 12.3. The van der Waals surface area contributed by atoms with Crippen molar-refractivity contribution in [1.29, 1.82) is 0 Å². The van der Waals surface area contributed by atoms with Crippen molar-refractivity contribution in [2.45, 2.75) is 18.4 Å². The molecule has 0 spiro atoms. The van der Waals surface area contributed by atoms with E-state index in [4.69, 9.17) is 10.5 Å². The molecule has 1 aliphatic heterocycles. The van der Waals surface area contributed by atoms with E-state index in [2.05, 4.69) is 4.90 Å². The molecule has 2 rings (SSSR count). The maximum atomic E-state index is 10.8. The van der Waals surface area contributed by atoms with Crippen LogP contribution in [0, 0.1) is 5.92 Å². The molecule has 0 radical (unpaired) electrons. The Balaban J connectivity index is 1.94. The van der Waals surface area contributed by atoms with Crippen molar-refractivity contribution < 1.29 is 9.84 Å². The number of rotatable bonds is 6. The number of likely N-dealkylation sites (N-methyl/N-ethyl adjacent to an activating group) is 1. The fourth-order valence-electron chi connectivity index (χ4n) is 2.93. The molecule has 4 heteroatoms. The van der Waals surface area contributed by atoms with Gasteiger partial charge in [0.15, 0.2) is 0 Å². The third-order valence-electron chi connectivity index (χ3n) is 4.00. The molecule has 0 bridgehead atoms. The minimum absolute atomic E-state index is 0.225. The molecule has 1 fully saturated rings. The van der Waals surface area contributed by atoms with Gasteiger partial charge in [-0.3, -0.25) is 0 Å². The van der Waals surface area contributed by atoms with Crippen LogP contribution in [0.2, 0.25) is 0 Å². The summed E-state index contributed by atoms with van der Waals surface area (Å²) in [4.78, 5) is 2.17. The summed E-state index contributed by atoms with van der Waals surface area (Å²) in [7, 11) is 2.04. The van der Waals surface area contributed by atoms with Gasteiger partial charge in [-0.25, -0.2) is 0 Å². The normalized spacial score (nSPS) is 22.7. The lowest BCUT2D eigenvalue weighted by molar-refractivity contribution is -0.00402. The largest absolute Gasteiger partial charge is 0.382 e. The van der Waals surface area contributed by atoms with Gasteiger partial charge in [-0.05, 0) is 31.4 Å². The van der Waals surface area contributed by atoms with Gasteiger partial charge < -0.3 is 20.5 Å². The molecule has 4 nitrogen and oxygen atoms in total. The second-order valence-corrected chi connectivity index (χ2v) is 5.88. The topological polar surface area (TPSA) is 58.7 Å². The number of hydrogen-bond donors (Lipinski definition) is 2. The van der Waals surface area contributed by atoms with Crippen LogP contribution in [-0.4, -0.2) is 49.9 Å². The summed E-state index contributed by atoms with van der Waals surface area (Å²) in [6.45, 7) is 3.43. The Labute approximate surface area is 121 Å². The molecule has 2 atom stereocenters. The first-order valence-electron chi connectivity index (χ1n) is 7.38. The van der Waals surface area contributed by atoms with Gasteiger partial charge in [0, 0.05) is 26.2 Å². The van der Waals surface area contributed by atoms with Crippen molar-refractivity contribution in [1.82, 2.24) is 4.90 Å². The fraction of sp³-hybridized carbons (Fsp3) is 0.625. The molecule has 2 unspecified atom stereocenters. The van der Waals surface area contributed by atoms with E-state index in [-0.39, 0.29) is 6.54 Å². The summed E-state index contributed by atoms with van der Waals surface area (Å²) < 4.78 is 5.51. The number of ether oxygens (including phenoxy) is 1. The van der Waals surface area contributed by atoms with E-state index >= 15 is 0 Å². The Bertz CT molecular complexity index is 393. The average molecular weight is 278 g/mol. The van der Waals surface area contributed by atoms with Crippen molar-refractivity contribution in [3.05, 3.63) is 35.9 Å². The van der Waals surface area contributed by atoms with Crippen molar-refractivity contribution in [2.24, 2.45) is 11.7 Å². The Morgan fingerprint density at radius 1 is 1.40 bits per heavy atom. The van der Waals surface area contributed by atoms with E-state index < -0.39 is 5.60 Å². The highest BCUT2D eigenvalue weighted by Gasteiger charge is 2.30. The van der Waals surface area contributed by atoms with Crippen LogP contribution >= 0.6 is 0 Å². The van der Waals surface area contributed by atoms with E-state index in [1.165, 1.54) is 6.42 Å². The first kappa shape index (κ1) is 15.4. The third kappa shape index (κ3) is 4.03. The lowest BCUT2D eigenvalue weighted by Gasteiger charge is -2.34. The van der Waals surface area contributed by atoms with E-state index in [1.54, 1.807) is 0 Å². The number of nitrogens with two attached hydrogens (primary N) is 1. The second kappa shape index (κ2) is 7.18. The maximum Gasteiger partial charge on any atom is 0.114 e. The van der Waals surface area contributed by atoms with Gasteiger partial charge in [-0.1, -0.05) is 30.3 Å². The van der Waals surface area contributed by atoms with Gasteiger partial charge >= 0.3 is 0 Å². The first-order valence-corrected chi connectivity index (χ1v) is 7.38. The van der Waals surface area contributed by atoms with Crippen LogP contribution in [0.1, 0.15) is 18.4 Å². The fourth-order valence-corrected chi connectivity index (χ4v) is 2.93. The predicted molar refractivity (Wildman–Crippen MR) is 80.4 cm³/mol. The SMILES string of the molecule is CN(CC1CCCOC1)CC(O)(CN)c1ccccc1. The van der Waals surface area contributed by atoms with Gasteiger partial charge in [-0.2, -0.15) is 0 Å². The molecule has 0 amide bonds. The lowest BCUT2D eigenvalue weighted by Crippen LogP contribution is -2.46. The van der Waals surface area contributed by atoms with E-state index in [9.17, 15) is 5.11 Å². The van der Waals surface area contributed by atoms with Crippen LogP contribution in [0.15, 0.2) is 30.3 Å². The number of hydrogen-bond acceptors (Lipinski definition) is 4. The summed E-state index contributed by atoms with van der Waals surface area (Å²) in [5.74, 6) is 0.562. The average Bonchev–Trinajstić information content (AvgIpc) is 2.49. The molecule has 1 saturated heterocycles. The minimum Gasteiger partial charge on any atom is -0.382 e. The quantitative estimate of drug-likeness (QED) is 0.821. The second-order valence-electron chi connectivity index (χ2n) is 5.88. The van der Waals surface area contributed by atoms with Crippen LogP contribution in [0.5, 0.6) is 0 Å². The van der Waals surface area contributed by atoms with Crippen LogP contribution in [0.25, 0.3) is 0 Å². The monoisotopic (exact) mass is 278 g/mol. The summed E-state index contributed by atoms with van der Waals surface area (Å²) in [6, 6.07) is 9.69. The smallest absolute Gasteiger partial charge is 0.114 e. The Morgan fingerprint density at radius 2 is 2.15 bits per heavy atom. The molecule has 1 heterocycles. The zero-order valence-corrected chi connectivity index (χ0v) is 12.3. The summed E-state index contributed by atoms with van der Waals surface area (Å²) in [5, 5.41) is 10.8. The van der Waals surface area contributed by atoms with Gasteiger partial charge in [0.2, 0.25) is 0 Å². The molecule has 112 valence electrons. The third-order valence-corrected chi connectivity index (χ3v) is 4.00. The van der Waals surface area contributed by atoms with Gasteiger partial charge in [0.05, 0.1) is 6.61 Å². The van der Waals surface area contributed by atoms with Crippen LogP contribution in [0.4, 0.5) is 0 Å². The number of aliphatic hydroxyl groups is 1. The van der Waals surface area contributed by atoms with Crippen molar-refractivity contribution >= 4 is 0 Å². The van der Waals surface area contributed by atoms with Gasteiger partial charge in [-0.15, -0.1) is 0 Å². The molecule has 0 aliphatic carbocycles. The van der Waals surface area contributed by atoms with Crippen molar-refractivity contribution in [3.63, 3.8) is 0 Å². The van der Waals surface area contributed by atoms with Crippen molar-refractivity contribution in [3.8, 4) is 0 Å². The highest BCUT2D eigenvalue weighted by Crippen LogP contribution is 2.22. The molecule has 20 heavy (non-hydrogen) atoms. The molecule has 1 aliphatic rings. The van der Waals surface area contributed by atoms with Gasteiger partial charge in [0.1, 0.15) is 5.60 Å². The number of benzene rings is 1. The minimum atomic E-state index is -0.981. The Morgan fingerprint density at radius 3 is 2.75 bits per heavy atom. The highest BCUT2D eigenvalue weighted by molar-refractivity contribution is 5.23. The molecule has 1 aromatic rings. The molecule has 0 aromatic heterocycles. The summed E-state index contributed by atoms with van der Waals surface area (Å²) >= 11 is 0. The number of nitrogens with zero attached hydrogens (tertiary/aromatic N) is 1. The summed E-state index contributed by atoms with van der Waals surface area (Å²) in [5.41, 5.74) is 5.72. The van der Waals surface area contributed by atoms with E-state index in [0.29, 0.717) is 12.5 Å². The Hall–Kier alpha value is -0.940. The van der Waals surface area contributed by atoms with Crippen LogP contribution < -0.4 is 5.73 Å². The molecule has 0 saturated carbocycles. The van der Waals surface area contributed by atoms with Crippen LogP contribution in [0.3, 0.4) is 0 Å². The Kier molecular flexibility index (Phi) is 5.54. The highest BCUT2D eigenvalue weighted by atomic mass is 16.5. The zero-order chi connectivity index (χ0) is 14.4. The standard InChI is InChI=1S/C16H26N2O2/c1-18(10-14-6-5-9-20-11-14)13-16(19,12-17)15-7-3-2-4-8-15/h2-4,7-8,14,19H,5-6,9-13,17H2,1H3. The van der Waals surface area contributed by atoms with E-state index in [0.717, 1.165) is 31.7 Å². The lowest BCUT2D eigenvalue weighted by atomic mass is 9.92. The maximum absolute atomic E-state index is 10.8. The van der Waals surface area contributed by atoms with Gasteiger partial charge in [0.25, 0.3) is 0 Å². The van der Waals surface area contributed by atoms with Crippen LogP contribution in [-0.2, 0) is 10.3 Å². The molecular weight excluding hydrogens is 252 g/mol. The van der Waals surface area contributed by atoms with Crippen molar-refractivity contribution in [2.75, 3.05) is 39.9 Å². The summed E-state index contributed by atoms with van der Waals surface area (Å²) in [6.07, 6.45) is 2.34.